The smallest absolute Gasteiger partial charge is 0.270 e. The normalized spacial score (nSPS) is 25.0. The lowest BCUT2D eigenvalue weighted by molar-refractivity contribution is -0.132. The van der Waals surface area contributed by atoms with Crippen LogP contribution < -0.4 is 25.2 Å². The molecule has 0 unspecified atom stereocenters. The van der Waals surface area contributed by atoms with Crippen molar-refractivity contribution >= 4 is 29.1 Å². The first-order valence-electron chi connectivity index (χ1n) is 15.3. The molecule has 1 aromatic carbocycles. The summed E-state index contributed by atoms with van der Waals surface area (Å²) in [5.41, 5.74) is 0.510. The third-order valence-electron chi connectivity index (χ3n) is 8.79. The first-order valence-corrected chi connectivity index (χ1v) is 15.3. The number of fused-ring (bicyclic) bond motifs is 1. The van der Waals surface area contributed by atoms with E-state index in [-0.39, 0.29) is 41.6 Å². The van der Waals surface area contributed by atoms with Crippen LogP contribution in [0.3, 0.4) is 0 Å². The summed E-state index contributed by atoms with van der Waals surface area (Å²) in [5.74, 6) is 0.190. The second-order valence-corrected chi connectivity index (χ2v) is 12.5. The summed E-state index contributed by atoms with van der Waals surface area (Å²) in [6.45, 7) is 5.81. The van der Waals surface area contributed by atoms with E-state index < -0.39 is 5.60 Å². The number of carbonyl (C=O) groups is 3. The van der Waals surface area contributed by atoms with Gasteiger partial charge in [-0.2, -0.15) is 0 Å². The molecule has 2 N–H and O–H groups in total. The van der Waals surface area contributed by atoms with Crippen LogP contribution in [0, 0.1) is 11.8 Å². The van der Waals surface area contributed by atoms with Crippen LogP contribution in [0.2, 0.25) is 0 Å². The molecule has 0 spiro atoms. The first kappa shape index (κ1) is 28.9. The van der Waals surface area contributed by atoms with Gasteiger partial charge in [0.2, 0.25) is 11.8 Å². The fraction of sp³-hybridized carbons (Fsp3) is 0.710. The van der Waals surface area contributed by atoms with E-state index in [9.17, 15) is 14.4 Å². The number of methoxy groups -OCH3 is 1. The quantitative estimate of drug-likeness (QED) is 0.356. The second kappa shape index (κ2) is 12.5. The Labute approximate surface area is 238 Å². The highest BCUT2D eigenvalue weighted by atomic mass is 16.5. The Kier molecular flexibility index (Phi) is 9.00. The van der Waals surface area contributed by atoms with E-state index in [0.717, 1.165) is 31.4 Å². The van der Waals surface area contributed by atoms with Gasteiger partial charge in [-0.3, -0.25) is 14.4 Å². The molecule has 4 aliphatic rings. The van der Waals surface area contributed by atoms with Crippen LogP contribution in [-0.4, -0.2) is 68.8 Å². The molecule has 2 atom stereocenters. The lowest BCUT2D eigenvalue weighted by Gasteiger charge is -2.40. The Hall–Kier alpha value is -2.65. The van der Waals surface area contributed by atoms with E-state index in [1.807, 2.05) is 23.1 Å². The van der Waals surface area contributed by atoms with Crippen LogP contribution >= 0.6 is 0 Å². The Bertz CT molecular complexity index is 1080. The van der Waals surface area contributed by atoms with Gasteiger partial charge in [-0.15, -0.1) is 0 Å². The van der Waals surface area contributed by atoms with Crippen molar-refractivity contribution < 1.29 is 23.9 Å². The number of hydrogen-bond donors (Lipinski definition) is 2. The third kappa shape index (κ3) is 6.46. The molecule has 2 aliphatic heterocycles. The molecule has 9 heteroatoms. The van der Waals surface area contributed by atoms with Crippen molar-refractivity contribution in [2.75, 3.05) is 43.2 Å². The number of carbonyl (C=O) groups excluding carboxylic acids is 3. The lowest BCUT2D eigenvalue weighted by atomic mass is 9.88. The summed E-state index contributed by atoms with van der Waals surface area (Å²) in [4.78, 5) is 44.2. The molecule has 1 saturated heterocycles. The third-order valence-corrected chi connectivity index (χ3v) is 8.79. The molecular weight excluding hydrogens is 508 g/mol. The molecule has 0 aromatic heterocycles. The van der Waals surface area contributed by atoms with Gasteiger partial charge in [0.15, 0.2) is 5.60 Å². The summed E-state index contributed by atoms with van der Waals surface area (Å²) in [7, 11) is 1.65. The highest BCUT2D eigenvalue weighted by Crippen LogP contribution is 2.43. The molecular formula is C31H46N4O5. The molecule has 9 nitrogen and oxygen atoms in total. The molecule has 3 amide bonds. The van der Waals surface area contributed by atoms with Gasteiger partial charge in [0.25, 0.3) is 5.91 Å². The van der Waals surface area contributed by atoms with E-state index >= 15 is 0 Å². The fourth-order valence-electron chi connectivity index (χ4n) is 6.41. The minimum absolute atomic E-state index is 0.0521. The van der Waals surface area contributed by atoms with Crippen molar-refractivity contribution in [3.63, 3.8) is 0 Å². The van der Waals surface area contributed by atoms with Crippen LogP contribution in [0.5, 0.6) is 5.75 Å². The molecule has 40 heavy (non-hydrogen) atoms. The van der Waals surface area contributed by atoms with Gasteiger partial charge in [0.05, 0.1) is 17.5 Å². The Balaban J connectivity index is 1.32. The predicted molar refractivity (Wildman–Crippen MR) is 155 cm³/mol. The maximum Gasteiger partial charge on any atom is 0.270 e. The van der Waals surface area contributed by atoms with E-state index in [4.69, 9.17) is 9.47 Å². The summed E-state index contributed by atoms with van der Waals surface area (Å²) in [6, 6.07) is 6.14. The highest BCUT2D eigenvalue weighted by molar-refractivity contribution is 6.04. The van der Waals surface area contributed by atoms with E-state index in [1.54, 1.807) is 25.9 Å². The molecule has 2 heterocycles. The van der Waals surface area contributed by atoms with E-state index in [1.165, 1.54) is 25.7 Å². The molecule has 0 bridgehead atoms. The fourth-order valence-corrected chi connectivity index (χ4v) is 6.41. The maximum absolute atomic E-state index is 14.0. The number of nitrogens with zero attached hydrogens (tertiary/aromatic N) is 2. The Morgan fingerprint density at radius 2 is 1.82 bits per heavy atom. The molecule has 5 rings (SSSR count). The average molecular weight is 555 g/mol. The molecule has 0 radical (unpaired) electrons. The zero-order valence-corrected chi connectivity index (χ0v) is 24.4. The SMILES string of the molecule is COCCCN1C(=O)C(C)(C)Oc2ccc(N(C(=O)[C@H]3CNC[C@@H](C(=O)NC4CCCCCC4)C3)C3CC3)cc21. The number of hydrogen-bond acceptors (Lipinski definition) is 6. The van der Waals surface area contributed by atoms with Gasteiger partial charge in [-0.25, -0.2) is 0 Å². The summed E-state index contributed by atoms with van der Waals surface area (Å²) >= 11 is 0. The van der Waals surface area contributed by atoms with Crippen molar-refractivity contribution in [1.29, 1.82) is 0 Å². The largest absolute Gasteiger partial charge is 0.476 e. The van der Waals surface area contributed by atoms with Crippen LogP contribution in [-0.2, 0) is 19.1 Å². The number of anilines is 2. The number of benzene rings is 1. The van der Waals surface area contributed by atoms with Crippen molar-refractivity contribution in [1.82, 2.24) is 10.6 Å². The van der Waals surface area contributed by atoms with Crippen LogP contribution in [0.25, 0.3) is 0 Å². The van der Waals surface area contributed by atoms with Gasteiger partial charge in [0, 0.05) is 51.1 Å². The molecule has 2 aliphatic carbocycles. The summed E-state index contributed by atoms with van der Waals surface area (Å²) in [6.07, 6.45) is 10.1. The second-order valence-electron chi connectivity index (χ2n) is 12.5. The summed E-state index contributed by atoms with van der Waals surface area (Å²) in [5, 5.41) is 6.66. The van der Waals surface area contributed by atoms with Crippen molar-refractivity contribution in [3.05, 3.63) is 18.2 Å². The van der Waals surface area contributed by atoms with E-state index in [2.05, 4.69) is 10.6 Å². The Morgan fingerprint density at radius 1 is 1.10 bits per heavy atom. The zero-order chi connectivity index (χ0) is 28.3. The molecule has 3 fully saturated rings. The number of rotatable bonds is 9. The van der Waals surface area contributed by atoms with Crippen molar-refractivity contribution in [2.45, 2.75) is 95.7 Å². The Morgan fingerprint density at radius 3 is 2.52 bits per heavy atom. The number of nitrogens with one attached hydrogen (secondary N) is 2. The minimum atomic E-state index is -0.965. The number of amides is 3. The van der Waals surface area contributed by atoms with Crippen LogP contribution in [0.4, 0.5) is 11.4 Å². The van der Waals surface area contributed by atoms with E-state index in [0.29, 0.717) is 50.5 Å². The number of ether oxygens (including phenoxy) is 2. The van der Waals surface area contributed by atoms with Gasteiger partial charge < -0.3 is 29.9 Å². The lowest BCUT2D eigenvalue weighted by Crippen LogP contribution is -2.53. The monoisotopic (exact) mass is 554 g/mol. The molecule has 2 saturated carbocycles. The zero-order valence-electron chi connectivity index (χ0n) is 24.4. The summed E-state index contributed by atoms with van der Waals surface area (Å²) < 4.78 is 11.3. The standard InChI is InChI=1S/C31H46N4O5/c1-31(2)30(38)34(15-8-16-39-3)26-18-25(13-14-27(26)40-31)35(24-11-12-24)29(37)22-17-21(19-32-20-22)28(36)33-23-9-6-4-5-7-10-23/h13-14,18,21-24,32H,4-12,15-17,19-20H2,1-3H3,(H,33,36)/t21-,22+/m0/s1. The molecule has 220 valence electrons. The molecule has 1 aromatic rings. The van der Waals surface area contributed by atoms with Crippen LogP contribution in [0.1, 0.15) is 78.1 Å². The van der Waals surface area contributed by atoms with Gasteiger partial charge in [-0.05, 0) is 70.6 Å². The maximum atomic E-state index is 14.0. The topological polar surface area (TPSA) is 100 Å². The van der Waals surface area contributed by atoms with Gasteiger partial charge in [0.1, 0.15) is 5.75 Å². The highest BCUT2D eigenvalue weighted by Gasteiger charge is 2.43. The minimum Gasteiger partial charge on any atom is -0.476 e. The van der Waals surface area contributed by atoms with Gasteiger partial charge in [-0.1, -0.05) is 25.7 Å². The predicted octanol–water partition coefficient (Wildman–Crippen LogP) is 3.79. The van der Waals surface area contributed by atoms with Crippen molar-refractivity contribution in [2.24, 2.45) is 11.8 Å². The average Bonchev–Trinajstić information content (AvgIpc) is 3.80. The van der Waals surface area contributed by atoms with Crippen LogP contribution in [0.15, 0.2) is 18.2 Å². The first-order chi connectivity index (χ1) is 19.3. The van der Waals surface area contributed by atoms with Crippen molar-refractivity contribution in [3.8, 4) is 5.75 Å². The number of piperidine rings is 1. The van der Waals surface area contributed by atoms with Gasteiger partial charge >= 0.3 is 0 Å².